The number of halogens is 2. The predicted molar refractivity (Wildman–Crippen MR) is 74.3 cm³/mol. The second-order valence-electron chi connectivity index (χ2n) is 3.02. The van der Waals surface area contributed by atoms with Crippen LogP contribution in [0.4, 0.5) is 0 Å². The lowest BCUT2D eigenvalue weighted by atomic mass is 10.2. The molecule has 0 radical (unpaired) electrons. The summed E-state index contributed by atoms with van der Waals surface area (Å²) in [5, 5.41) is 0. The van der Waals surface area contributed by atoms with Crippen LogP contribution in [-0.2, 0) is 0 Å². The first-order chi connectivity index (χ1) is 5.70. The van der Waals surface area contributed by atoms with Crippen molar-refractivity contribution in [2.45, 2.75) is 49.9 Å². The predicted octanol–water partition coefficient (Wildman–Crippen LogP) is 5.10. The molecule has 0 aromatic heterocycles. The Labute approximate surface area is 104 Å². The summed E-state index contributed by atoms with van der Waals surface area (Å²) in [6, 6.07) is 0. The van der Waals surface area contributed by atoms with E-state index in [1.807, 2.05) is 0 Å². The van der Waals surface area contributed by atoms with E-state index in [0.29, 0.717) is 0 Å². The van der Waals surface area contributed by atoms with Crippen molar-refractivity contribution in [2.75, 3.05) is 0 Å². The van der Waals surface area contributed by atoms with Crippen molar-refractivity contribution in [3.8, 4) is 0 Å². The molecule has 0 aliphatic carbocycles. The van der Waals surface area contributed by atoms with E-state index in [1.54, 1.807) is 0 Å². The summed E-state index contributed by atoms with van der Waals surface area (Å²) in [5.74, 6) is 0. The molecule has 1 atom stereocenters. The summed E-state index contributed by atoms with van der Waals surface area (Å²) in [4.78, 5) is 0. The van der Waals surface area contributed by atoms with Crippen molar-refractivity contribution >= 4 is 45.2 Å². The lowest BCUT2D eigenvalue weighted by Crippen LogP contribution is -1.93. The number of hydrogen-bond acceptors (Lipinski definition) is 0. The molecule has 0 nitrogen and oxygen atoms in total. The van der Waals surface area contributed by atoms with Gasteiger partial charge in [0, 0.05) is 3.92 Å². The largest absolute Gasteiger partial charge is 0.0823 e. The van der Waals surface area contributed by atoms with Crippen LogP contribution in [-0.4, -0.2) is 3.92 Å². The summed E-state index contributed by atoms with van der Waals surface area (Å²) < 4.78 is 2.38. The van der Waals surface area contributed by atoms with Gasteiger partial charge >= 0.3 is 0 Å². The van der Waals surface area contributed by atoms with Gasteiger partial charge in [0.05, 0.1) is 0 Å². The molecule has 0 aromatic carbocycles. The van der Waals surface area contributed by atoms with Crippen LogP contribution in [0, 0.1) is 0 Å². The van der Waals surface area contributed by atoms with E-state index in [0.717, 1.165) is 3.92 Å². The highest BCUT2D eigenvalue weighted by Gasteiger charge is 1.99. The Morgan fingerprint density at radius 1 is 1.33 bits per heavy atom. The third-order valence-electron chi connectivity index (χ3n) is 1.69. The minimum Gasteiger partial charge on any atom is -0.0823 e. The monoisotopic (exact) mass is 392 g/mol. The Hall–Kier alpha value is 1.20. The lowest BCUT2D eigenvalue weighted by molar-refractivity contribution is 0.765. The molecule has 0 N–H and O–H groups in total. The third kappa shape index (κ3) is 7.83. The van der Waals surface area contributed by atoms with Crippen LogP contribution in [0.2, 0.25) is 0 Å². The molecule has 0 spiro atoms. The summed E-state index contributed by atoms with van der Waals surface area (Å²) >= 11 is 5.02. The van der Waals surface area contributed by atoms with Crippen molar-refractivity contribution in [2.24, 2.45) is 0 Å². The van der Waals surface area contributed by atoms with E-state index in [4.69, 9.17) is 0 Å². The first-order valence-electron chi connectivity index (χ1n) is 4.69. The van der Waals surface area contributed by atoms with Gasteiger partial charge in [0.25, 0.3) is 0 Å². The van der Waals surface area contributed by atoms with Crippen molar-refractivity contribution in [1.82, 2.24) is 0 Å². The average Bonchev–Trinajstić information content (AvgIpc) is 2.02. The van der Waals surface area contributed by atoms with E-state index >= 15 is 0 Å². The number of allylic oxidation sites excluding steroid dienone is 2. The molecule has 0 saturated carbocycles. The molecule has 0 fully saturated rings. The highest BCUT2D eigenvalue weighted by Crippen LogP contribution is 2.19. The smallest absolute Gasteiger partial charge is 0.0144 e. The van der Waals surface area contributed by atoms with Gasteiger partial charge in [0.2, 0.25) is 0 Å². The molecular weight excluding hydrogens is 374 g/mol. The van der Waals surface area contributed by atoms with Crippen LogP contribution < -0.4 is 0 Å². The van der Waals surface area contributed by atoms with E-state index in [2.05, 4.69) is 65.1 Å². The summed E-state index contributed by atoms with van der Waals surface area (Å²) in [7, 11) is 0. The van der Waals surface area contributed by atoms with Crippen molar-refractivity contribution in [3.05, 3.63) is 9.66 Å². The number of rotatable bonds is 6. The fourth-order valence-electron chi connectivity index (χ4n) is 1.03. The summed E-state index contributed by atoms with van der Waals surface area (Å²) in [6.07, 6.45) is 8.85. The van der Waals surface area contributed by atoms with Crippen LogP contribution in [0.15, 0.2) is 9.66 Å². The van der Waals surface area contributed by atoms with Crippen molar-refractivity contribution in [1.29, 1.82) is 0 Å². The quantitative estimate of drug-likeness (QED) is 0.436. The van der Waals surface area contributed by atoms with Crippen molar-refractivity contribution in [3.63, 3.8) is 0 Å². The van der Waals surface area contributed by atoms with Crippen molar-refractivity contribution < 1.29 is 0 Å². The molecule has 0 aliphatic rings. The third-order valence-corrected chi connectivity index (χ3v) is 3.80. The second kappa shape index (κ2) is 8.78. The zero-order chi connectivity index (χ0) is 9.40. The van der Waals surface area contributed by atoms with Gasteiger partial charge in [0.15, 0.2) is 0 Å². The highest BCUT2D eigenvalue weighted by atomic mass is 127. The maximum atomic E-state index is 2.56. The fourth-order valence-corrected chi connectivity index (χ4v) is 2.70. The van der Waals surface area contributed by atoms with Crippen LogP contribution in [0.25, 0.3) is 0 Å². The second-order valence-corrected chi connectivity index (χ2v) is 6.17. The minimum atomic E-state index is 0.842. The van der Waals surface area contributed by atoms with Gasteiger partial charge in [-0.3, -0.25) is 0 Å². The van der Waals surface area contributed by atoms with Crippen LogP contribution in [0.1, 0.15) is 46.0 Å². The van der Waals surface area contributed by atoms with Gasteiger partial charge in [-0.15, -0.1) is 0 Å². The molecule has 0 saturated heterocycles. The van der Waals surface area contributed by atoms with Crippen LogP contribution in [0.5, 0.6) is 0 Å². The van der Waals surface area contributed by atoms with Gasteiger partial charge < -0.3 is 0 Å². The van der Waals surface area contributed by atoms with Gasteiger partial charge in [0.1, 0.15) is 0 Å². The molecule has 72 valence electrons. The fraction of sp³-hybridized carbons (Fsp3) is 0.800. The van der Waals surface area contributed by atoms with E-state index in [-0.39, 0.29) is 0 Å². The Morgan fingerprint density at radius 3 is 2.50 bits per heavy atom. The molecule has 0 heterocycles. The average molecular weight is 392 g/mol. The van der Waals surface area contributed by atoms with Gasteiger partial charge in [-0.1, -0.05) is 55.4 Å². The van der Waals surface area contributed by atoms with Gasteiger partial charge in [-0.25, -0.2) is 0 Å². The van der Waals surface area contributed by atoms with Crippen LogP contribution in [0.3, 0.4) is 0 Å². The maximum Gasteiger partial charge on any atom is 0.0144 e. The van der Waals surface area contributed by atoms with E-state index in [1.165, 1.54) is 35.7 Å². The topological polar surface area (TPSA) is 0 Å². The zero-order valence-corrected chi connectivity index (χ0v) is 12.3. The zero-order valence-electron chi connectivity index (χ0n) is 7.95. The SMILES string of the molecule is CCCC(I)=CCC(I)CCC. The van der Waals surface area contributed by atoms with Gasteiger partial charge in [-0.2, -0.15) is 0 Å². The Morgan fingerprint density at radius 2 is 2.00 bits per heavy atom. The molecule has 1 unspecified atom stereocenters. The molecule has 0 aromatic rings. The van der Waals surface area contributed by atoms with E-state index in [9.17, 15) is 0 Å². The molecule has 0 bridgehead atoms. The molecule has 12 heavy (non-hydrogen) atoms. The molecule has 0 aliphatic heterocycles. The molecular formula is C10H18I2. The molecule has 0 amide bonds. The number of alkyl halides is 1. The highest BCUT2D eigenvalue weighted by molar-refractivity contribution is 14.1. The molecule has 2 heteroatoms. The Bertz CT molecular complexity index is 130. The lowest BCUT2D eigenvalue weighted by Gasteiger charge is -2.04. The first kappa shape index (κ1) is 13.2. The minimum absolute atomic E-state index is 0.842. The first-order valence-corrected chi connectivity index (χ1v) is 7.01. The van der Waals surface area contributed by atoms with Gasteiger partial charge in [-0.05, 0) is 45.4 Å². The summed E-state index contributed by atoms with van der Waals surface area (Å²) in [5.41, 5.74) is 0. The standard InChI is InChI=1S/C10H18I2/c1-3-5-9(11)7-8-10(12)6-4-2/h7,10H,3-6,8H2,1-2H3. The maximum absolute atomic E-state index is 2.56. The van der Waals surface area contributed by atoms with Crippen LogP contribution >= 0.6 is 45.2 Å². The molecule has 0 rings (SSSR count). The normalized spacial score (nSPS) is 14.8. The Kier molecular flexibility index (Phi) is 9.66. The Balaban J connectivity index is 3.55. The number of hydrogen-bond donors (Lipinski definition) is 0. The summed E-state index contributed by atoms with van der Waals surface area (Å²) in [6.45, 7) is 4.49. The van der Waals surface area contributed by atoms with E-state index < -0.39 is 0 Å².